The minimum Gasteiger partial charge on any atom is -0.492 e. The summed E-state index contributed by atoms with van der Waals surface area (Å²) in [6.45, 7) is 0.826. The maximum atomic E-state index is 12.2. The number of nitrogens with zero attached hydrogens (tertiary/aromatic N) is 2. The van der Waals surface area contributed by atoms with Crippen LogP contribution in [0.4, 0.5) is 0 Å². The Morgan fingerprint density at radius 1 is 1.29 bits per heavy atom. The fourth-order valence-electron chi connectivity index (χ4n) is 1.71. The molecular formula is C15H14Cl2N2O2. The summed E-state index contributed by atoms with van der Waals surface area (Å²) in [5, 5.41) is 0.910. The van der Waals surface area contributed by atoms with Gasteiger partial charge in [0.1, 0.15) is 17.5 Å². The number of pyridine rings is 1. The Balaban J connectivity index is 1.87. The average molecular weight is 325 g/mol. The van der Waals surface area contributed by atoms with Crippen molar-refractivity contribution in [3.05, 3.63) is 58.3 Å². The van der Waals surface area contributed by atoms with Gasteiger partial charge in [-0.1, -0.05) is 29.3 Å². The van der Waals surface area contributed by atoms with Crippen LogP contribution in [-0.4, -0.2) is 36.0 Å². The van der Waals surface area contributed by atoms with Crippen LogP contribution in [-0.2, 0) is 0 Å². The minimum atomic E-state index is -0.131. The van der Waals surface area contributed by atoms with E-state index in [0.717, 1.165) is 0 Å². The summed E-state index contributed by atoms with van der Waals surface area (Å²) >= 11 is 11.6. The number of hydrogen-bond acceptors (Lipinski definition) is 3. The number of likely N-dealkylation sites (N-methyl/N-ethyl adjacent to an activating group) is 1. The zero-order chi connectivity index (χ0) is 15.2. The van der Waals surface area contributed by atoms with Crippen molar-refractivity contribution in [2.75, 3.05) is 20.2 Å². The molecule has 0 saturated carbocycles. The van der Waals surface area contributed by atoms with Gasteiger partial charge in [-0.3, -0.25) is 4.79 Å². The quantitative estimate of drug-likeness (QED) is 0.790. The summed E-state index contributed by atoms with van der Waals surface area (Å²) in [5.74, 6) is 0.546. The molecule has 4 nitrogen and oxygen atoms in total. The monoisotopic (exact) mass is 324 g/mol. The van der Waals surface area contributed by atoms with Crippen molar-refractivity contribution in [1.82, 2.24) is 9.88 Å². The van der Waals surface area contributed by atoms with Crippen molar-refractivity contribution >= 4 is 29.1 Å². The zero-order valence-electron chi connectivity index (χ0n) is 11.4. The molecule has 0 radical (unpaired) electrons. The zero-order valence-corrected chi connectivity index (χ0v) is 12.9. The van der Waals surface area contributed by atoms with Crippen LogP contribution in [0, 0.1) is 0 Å². The van der Waals surface area contributed by atoms with Gasteiger partial charge >= 0.3 is 0 Å². The van der Waals surface area contributed by atoms with Crippen molar-refractivity contribution in [2.24, 2.45) is 0 Å². The van der Waals surface area contributed by atoms with Crippen LogP contribution in [0.15, 0.2) is 42.6 Å². The maximum Gasteiger partial charge on any atom is 0.253 e. The first-order valence-corrected chi connectivity index (χ1v) is 7.07. The number of rotatable bonds is 5. The van der Waals surface area contributed by atoms with E-state index in [1.807, 2.05) is 12.1 Å². The van der Waals surface area contributed by atoms with E-state index in [1.165, 1.54) is 12.3 Å². The molecular weight excluding hydrogens is 311 g/mol. The van der Waals surface area contributed by atoms with Crippen LogP contribution in [0.25, 0.3) is 0 Å². The van der Waals surface area contributed by atoms with Gasteiger partial charge in [-0.15, -0.1) is 0 Å². The Morgan fingerprint density at radius 2 is 2.10 bits per heavy atom. The van der Waals surface area contributed by atoms with Crippen molar-refractivity contribution in [2.45, 2.75) is 0 Å². The number of benzene rings is 1. The van der Waals surface area contributed by atoms with Crippen molar-refractivity contribution in [3.63, 3.8) is 0 Å². The second-order valence-corrected chi connectivity index (χ2v) is 5.22. The highest BCUT2D eigenvalue weighted by Gasteiger charge is 2.12. The van der Waals surface area contributed by atoms with Gasteiger partial charge in [0.2, 0.25) is 0 Å². The van der Waals surface area contributed by atoms with Crippen LogP contribution in [0.5, 0.6) is 5.75 Å². The van der Waals surface area contributed by atoms with Crippen LogP contribution in [0.2, 0.25) is 10.2 Å². The molecule has 21 heavy (non-hydrogen) atoms. The van der Waals surface area contributed by atoms with E-state index in [0.29, 0.717) is 34.6 Å². The lowest BCUT2D eigenvalue weighted by atomic mass is 10.2. The molecule has 1 heterocycles. The molecule has 2 rings (SSSR count). The first-order chi connectivity index (χ1) is 10.1. The number of carbonyl (C=O) groups excluding carboxylic acids is 1. The summed E-state index contributed by atoms with van der Waals surface area (Å²) in [4.78, 5) is 17.6. The Labute approximate surface area is 133 Å². The van der Waals surface area contributed by atoms with Gasteiger partial charge in [0.25, 0.3) is 5.91 Å². The fraction of sp³-hybridized carbons (Fsp3) is 0.200. The van der Waals surface area contributed by atoms with Gasteiger partial charge in [0.15, 0.2) is 0 Å². The summed E-state index contributed by atoms with van der Waals surface area (Å²) in [5.41, 5.74) is 0.500. The number of amides is 1. The molecule has 0 bridgehead atoms. The molecule has 2 aromatic rings. The van der Waals surface area contributed by atoms with Crippen LogP contribution in [0.1, 0.15) is 10.4 Å². The van der Waals surface area contributed by atoms with Crippen LogP contribution >= 0.6 is 23.2 Å². The minimum absolute atomic E-state index is 0.131. The number of halogens is 2. The molecule has 0 N–H and O–H groups in total. The SMILES string of the molecule is CN(CCOc1cccc(Cl)c1)C(=O)c1ccnc(Cl)c1. The Kier molecular flexibility index (Phi) is 5.42. The third-order valence-corrected chi connectivity index (χ3v) is 3.25. The lowest BCUT2D eigenvalue weighted by molar-refractivity contribution is 0.0773. The highest BCUT2D eigenvalue weighted by molar-refractivity contribution is 6.30. The molecule has 1 amide bonds. The van der Waals surface area contributed by atoms with E-state index in [9.17, 15) is 4.79 Å². The molecule has 1 aromatic carbocycles. The van der Waals surface area contributed by atoms with E-state index >= 15 is 0 Å². The number of ether oxygens (including phenoxy) is 1. The van der Waals surface area contributed by atoms with E-state index < -0.39 is 0 Å². The summed E-state index contributed by atoms with van der Waals surface area (Å²) < 4.78 is 5.55. The predicted octanol–water partition coefficient (Wildman–Crippen LogP) is 3.54. The van der Waals surface area contributed by atoms with Crippen molar-refractivity contribution in [3.8, 4) is 5.75 Å². The largest absolute Gasteiger partial charge is 0.492 e. The first-order valence-electron chi connectivity index (χ1n) is 6.31. The summed E-state index contributed by atoms with van der Waals surface area (Å²) in [6, 6.07) is 10.3. The first kappa shape index (κ1) is 15.6. The van der Waals surface area contributed by atoms with Gasteiger partial charge in [-0.25, -0.2) is 4.98 Å². The van der Waals surface area contributed by atoms with Crippen LogP contribution in [0.3, 0.4) is 0 Å². The standard InChI is InChI=1S/C15H14Cl2N2O2/c1-19(15(20)11-5-6-18-14(17)9-11)7-8-21-13-4-2-3-12(16)10-13/h2-6,9-10H,7-8H2,1H3. The molecule has 0 saturated heterocycles. The summed E-state index contributed by atoms with van der Waals surface area (Å²) in [7, 11) is 1.71. The molecule has 0 aliphatic heterocycles. The number of carbonyl (C=O) groups is 1. The van der Waals surface area contributed by atoms with Gasteiger partial charge in [-0.05, 0) is 30.3 Å². The van der Waals surface area contributed by atoms with E-state index in [2.05, 4.69) is 4.98 Å². The Morgan fingerprint density at radius 3 is 2.81 bits per heavy atom. The third-order valence-electron chi connectivity index (χ3n) is 2.81. The lowest BCUT2D eigenvalue weighted by Gasteiger charge is -2.17. The lowest BCUT2D eigenvalue weighted by Crippen LogP contribution is -2.30. The Hall–Kier alpha value is -1.78. The van der Waals surface area contributed by atoms with Gasteiger partial charge in [-0.2, -0.15) is 0 Å². The van der Waals surface area contributed by atoms with Gasteiger partial charge in [0, 0.05) is 23.8 Å². The normalized spacial score (nSPS) is 10.2. The molecule has 0 spiro atoms. The molecule has 6 heteroatoms. The van der Waals surface area contributed by atoms with Gasteiger partial charge < -0.3 is 9.64 Å². The average Bonchev–Trinajstić information content (AvgIpc) is 2.46. The maximum absolute atomic E-state index is 12.2. The van der Waals surface area contributed by atoms with E-state index in [1.54, 1.807) is 30.1 Å². The van der Waals surface area contributed by atoms with Crippen molar-refractivity contribution < 1.29 is 9.53 Å². The highest BCUT2D eigenvalue weighted by atomic mass is 35.5. The topological polar surface area (TPSA) is 42.4 Å². The second kappa shape index (κ2) is 7.29. The Bertz CT molecular complexity index is 635. The summed E-state index contributed by atoms with van der Waals surface area (Å²) in [6.07, 6.45) is 1.51. The molecule has 1 aromatic heterocycles. The van der Waals surface area contributed by atoms with E-state index in [-0.39, 0.29) is 5.91 Å². The van der Waals surface area contributed by atoms with E-state index in [4.69, 9.17) is 27.9 Å². The highest BCUT2D eigenvalue weighted by Crippen LogP contribution is 2.17. The molecule has 0 fully saturated rings. The molecule has 0 atom stereocenters. The molecule has 110 valence electrons. The molecule has 0 unspecified atom stereocenters. The van der Waals surface area contributed by atoms with Crippen molar-refractivity contribution in [1.29, 1.82) is 0 Å². The third kappa shape index (κ3) is 4.62. The predicted molar refractivity (Wildman–Crippen MR) is 83.2 cm³/mol. The molecule has 0 aliphatic rings. The fourth-order valence-corrected chi connectivity index (χ4v) is 2.07. The number of aromatic nitrogens is 1. The van der Waals surface area contributed by atoms with Crippen LogP contribution < -0.4 is 4.74 Å². The molecule has 0 aliphatic carbocycles. The van der Waals surface area contributed by atoms with Gasteiger partial charge in [0.05, 0.1) is 6.54 Å². The second-order valence-electron chi connectivity index (χ2n) is 4.40. The number of hydrogen-bond donors (Lipinski definition) is 0. The smallest absolute Gasteiger partial charge is 0.253 e.